The van der Waals surface area contributed by atoms with Gasteiger partial charge in [-0.25, -0.2) is 4.98 Å². The van der Waals surface area contributed by atoms with Crippen molar-refractivity contribution in [3.63, 3.8) is 0 Å². The Kier molecular flexibility index (Phi) is 2.62. The molecule has 0 saturated carbocycles. The molecule has 3 heterocycles. The van der Waals surface area contributed by atoms with E-state index in [-0.39, 0.29) is 0 Å². The Hall–Kier alpha value is -2.62. The number of hydrogen-bond acceptors (Lipinski definition) is 2. The molecule has 1 aliphatic carbocycles. The first-order valence-corrected chi connectivity index (χ1v) is 8.21. The van der Waals surface area contributed by atoms with Crippen LogP contribution in [0.4, 0.5) is 0 Å². The standard InChI is InChI=1S/C19H18N4/c1-23-11-20-10-17(23)19-13-5-3-2-4-12(13)18-14-8-9-21-15(14)6-7-16(18)22-19/h6-11,22H,2-5H2,1H3. The molecule has 0 fully saturated rings. The number of nitrogens with one attached hydrogen (secondary N) is 1. The van der Waals surface area contributed by atoms with E-state index >= 15 is 0 Å². The zero-order chi connectivity index (χ0) is 15.4. The van der Waals surface area contributed by atoms with Crippen molar-refractivity contribution >= 4 is 21.8 Å². The second kappa shape index (κ2) is 4.69. The van der Waals surface area contributed by atoms with Crippen LogP contribution >= 0.6 is 0 Å². The summed E-state index contributed by atoms with van der Waals surface area (Å²) in [4.78, 5) is 12.5. The molecule has 23 heavy (non-hydrogen) atoms. The van der Waals surface area contributed by atoms with Crippen LogP contribution in [-0.2, 0) is 19.9 Å². The molecule has 0 spiro atoms. The monoisotopic (exact) mass is 302 g/mol. The second-order valence-corrected chi connectivity index (χ2v) is 6.42. The number of rotatable bonds is 1. The lowest BCUT2D eigenvalue weighted by Gasteiger charge is -2.22. The van der Waals surface area contributed by atoms with Gasteiger partial charge in [0, 0.05) is 29.5 Å². The summed E-state index contributed by atoms with van der Waals surface area (Å²) in [5.74, 6) is 0. The average molecular weight is 302 g/mol. The van der Waals surface area contributed by atoms with Gasteiger partial charge in [0.05, 0.1) is 29.4 Å². The third kappa shape index (κ3) is 1.78. The van der Waals surface area contributed by atoms with Crippen molar-refractivity contribution in [2.75, 3.05) is 0 Å². The minimum Gasteiger partial charge on any atom is -0.353 e. The quantitative estimate of drug-likeness (QED) is 0.578. The number of pyridine rings is 1. The van der Waals surface area contributed by atoms with Gasteiger partial charge in [-0.05, 0) is 55.0 Å². The number of aromatic amines is 1. The maximum Gasteiger partial charge on any atom is 0.0948 e. The van der Waals surface area contributed by atoms with Gasteiger partial charge in [0.1, 0.15) is 0 Å². The molecule has 0 saturated heterocycles. The highest BCUT2D eigenvalue weighted by Gasteiger charge is 2.21. The lowest BCUT2D eigenvalue weighted by Crippen LogP contribution is -2.09. The molecular weight excluding hydrogens is 284 g/mol. The van der Waals surface area contributed by atoms with Crippen LogP contribution in [0.5, 0.6) is 0 Å². The number of imidazole rings is 1. The minimum absolute atomic E-state index is 1.09. The van der Waals surface area contributed by atoms with Crippen LogP contribution in [0.2, 0.25) is 0 Å². The summed E-state index contributed by atoms with van der Waals surface area (Å²) in [5.41, 5.74) is 7.63. The van der Waals surface area contributed by atoms with Crippen LogP contribution in [0.3, 0.4) is 0 Å². The molecule has 0 bridgehead atoms. The van der Waals surface area contributed by atoms with E-state index in [1.54, 1.807) is 0 Å². The summed E-state index contributed by atoms with van der Waals surface area (Å²) in [6, 6.07) is 6.42. The van der Waals surface area contributed by atoms with Gasteiger partial charge in [-0.3, -0.25) is 4.98 Å². The SMILES string of the molecule is Cn1cncc1-c1[nH]c2ccc3nccc3c2c2c1CCCC2. The third-order valence-electron chi connectivity index (χ3n) is 5.08. The smallest absolute Gasteiger partial charge is 0.0948 e. The summed E-state index contributed by atoms with van der Waals surface area (Å²) in [5, 5.41) is 2.63. The van der Waals surface area contributed by atoms with E-state index in [4.69, 9.17) is 0 Å². The van der Waals surface area contributed by atoms with E-state index in [0.717, 1.165) is 24.1 Å². The van der Waals surface area contributed by atoms with Crippen molar-refractivity contribution in [3.8, 4) is 11.4 Å². The summed E-state index contributed by atoms with van der Waals surface area (Å²) in [6.07, 6.45) is 10.5. The molecule has 0 unspecified atom stereocenters. The van der Waals surface area contributed by atoms with Gasteiger partial charge in [0.15, 0.2) is 0 Å². The number of fused-ring (bicyclic) bond motifs is 5. The van der Waals surface area contributed by atoms with E-state index in [1.165, 1.54) is 46.0 Å². The Labute approximate surface area is 134 Å². The number of hydrogen-bond donors (Lipinski definition) is 1. The highest BCUT2D eigenvalue weighted by Crippen LogP contribution is 2.37. The van der Waals surface area contributed by atoms with E-state index in [0.29, 0.717) is 0 Å². The Morgan fingerprint density at radius 2 is 1.96 bits per heavy atom. The maximum atomic E-state index is 4.48. The van der Waals surface area contributed by atoms with E-state index in [9.17, 15) is 0 Å². The molecule has 1 aliphatic rings. The van der Waals surface area contributed by atoms with Gasteiger partial charge in [0.25, 0.3) is 0 Å². The molecule has 1 aromatic carbocycles. The highest BCUT2D eigenvalue weighted by atomic mass is 15.0. The van der Waals surface area contributed by atoms with Crippen molar-refractivity contribution in [1.29, 1.82) is 0 Å². The molecule has 0 atom stereocenters. The van der Waals surface area contributed by atoms with Crippen LogP contribution in [0.25, 0.3) is 33.2 Å². The van der Waals surface area contributed by atoms with Gasteiger partial charge in [-0.1, -0.05) is 0 Å². The van der Waals surface area contributed by atoms with E-state index in [1.807, 2.05) is 18.7 Å². The Balaban J connectivity index is 1.94. The summed E-state index contributed by atoms with van der Waals surface area (Å²) in [6.45, 7) is 0. The molecule has 5 rings (SSSR count). The predicted octanol–water partition coefficient (Wildman–Crippen LogP) is 4.00. The number of H-pyrrole nitrogens is 1. The van der Waals surface area contributed by atoms with Crippen LogP contribution in [0, 0.1) is 0 Å². The molecule has 0 amide bonds. The van der Waals surface area contributed by atoms with Crippen molar-refractivity contribution in [1.82, 2.24) is 19.5 Å². The van der Waals surface area contributed by atoms with Gasteiger partial charge in [-0.15, -0.1) is 0 Å². The van der Waals surface area contributed by atoms with Crippen LogP contribution in [0.15, 0.2) is 36.9 Å². The predicted molar refractivity (Wildman–Crippen MR) is 92.4 cm³/mol. The topological polar surface area (TPSA) is 46.5 Å². The number of aryl methyl sites for hydroxylation is 2. The summed E-state index contributed by atoms with van der Waals surface area (Å²) < 4.78 is 2.09. The summed E-state index contributed by atoms with van der Waals surface area (Å²) >= 11 is 0. The fraction of sp³-hybridized carbons (Fsp3) is 0.263. The maximum absolute atomic E-state index is 4.48. The highest BCUT2D eigenvalue weighted by molar-refractivity contribution is 6.08. The van der Waals surface area contributed by atoms with Crippen molar-refractivity contribution in [2.45, 2.75) is 25.7 Å². The van der Waals surface area contributed by atoms with Crippen molar-refractivity contribution < 1.29 is 0 Å². The molecule has 0 aliphatic heterocycles. The minimum atomic E-state index is 1.09. The number of benzene rings is 1. The van der Waals surface area contributed by atoms with Gasteiger partial charge in [0.2, 0.25) is 0 Å². The van der Waals surface area contributed by atoms with Crippen molar-refractivity contribution in [2.24, 2.45) is 7.05 Å². The molecule has 4 aromatic rings. The van der Waals surface area contributed by atoms with Crippen LogP contribution < -0.4 is 0 Å². The van der Waals surface area contributed by atoms with Crippen LogP contribution in [0.1, 0.15) is 24.0 Å². The zero-order valence-corrected chi connectivity index (χ0v) is 13.1. The number of nitrogens with zero attached hydrogens (tertiary/aromatic N) is 3. The molecule has 4 heteroatoms. The fourth-order valence-electron chi connectivity index (χ4n) is 4.00. The van der Waals surface area contributed by atoms with Gasteiger partial charge < -0.3 is 9.55 Å². The lowest BCUT2D eigenvalue weighted by atomic mass is 9.86. The van der Waals surface area contributed by atoms with Gasteiger partial charge in [-0.2, -0.15) is 0 Å². The molecule has 3 aromatic heterocycles. The zero-order valence-electron chi connectivity index (χ0n) is 13.1. The normalized spacial score (nSPS) is 14.5. The first kappa shape index (κ1) is 12.9. The Morgan fingerprint density at radius 1 is 1.09 bits per heavy atom. The molecule has 1 N–H and O–H groups in total. The molecular formula is C19H18N4. The lowest BCUT2D eigenvalue weighted by molar-refractivity contribution is 0.688. The molecule has 4 nitrogen and oxygen atoms in total. The molecule has 114 valence electrons. The largest absolute Gasteiger partial charge is 0.353 e. The van der Waals surface area contributed by atoms with E-state index in [2.05, 4.69) is 44.8 Å². The Bertz CT molecular complexity index is 1040. The molecule has 0 radical (unpaired) electrons. The number of aromatic nitrogens is 4. The average Bonchev–Trinajstić information content (AvgIpc) is 3.22. The summed E-state index contributed by atoms with van der Waals surface area (Å²) in [7, 11) is 2.06. The van der Waals surface area contributed by atoms with Crippen molar-refractivity contribution in [3.05, 3.63) is 48.0 Å². The van der Waals surface area contributed by atoms with Gasteiger partial charge >= 0.3 is 0 Å². The van der Waals surface area contributed by atoms with Crippen LogP contribution in [-0.4, -0.2) is 19.5 Å². The fourth-order valence-corrected chi connectivity index (χ4v) is 4.00. The third-order valence-corrected chi connectivity index (χ3v) is 5.08. The Morgan fingerprint density at radius 3 is 2.78 bits per heavy atom. The second-order valence-electron chi connectivity index (χ2n) is 6.42. The van der Waals surface area contributed by atoms with E-state index < -0.39 is 0 Å². The first-order chi connectivity index (χ1) is 11.3. The first-order valence-electron chi connectivity index (χ1n) is 8.21.